The highest BCUT2D eigenvalue weighted by Gasteiger charge is 2.21. The molecule has 1 atom stereocenters. The van der Waals surface area contributed by atoms with E-state index in [4.69, 9.17) is 11.6 Å². The Bertz CT molecular complexity index is 721. The number of halogens is 2. The minimum Gasteiger partial charge on any atom is -0.324 e. The van der Waals surface area contributed by atoms with E-state index >= 15 is 0 Å². The second kappa shape index (κ2) is 8.79. The van der Waals surface area contributed by atoms with Crippen LogP contribution in [0.1, 0.15) is 30.6 Å². The number of carbonyl (C=O) groups excluding carboxylic acids is 1. The maximum Gasteiger partial charge on any atom is 0.224 e. The first-order valence-corrected chi connectivity index (χ1v) is 9.80. The molecule has 134 valence electrons. The zero-order valence-corrected chi connectivity index (χ0v) is 15.6. The van der Waals surface area contributed by atoms with E-state index in [1.165, 1.54) is 10.9 Å². The van der Waals surface area contributed by atoms with Crippen molar-refractivity contribution in [2.75, 3.05) is 18.4 Å². The number of carbonyl (C=O) groups is 1. The van der Waals surface area contributed by atoms with Crippen molar-refractivity contribution in [1.29, 1.82) is 0 Å². The number of para-hydroxylation sites is 1. The number of likely N-dealkylation sites (tertiary alicyclic amines) is 1. The molecule has 3 rings (SSSR count). The predicted octanol–water partition coefficient (Wildman–Crippen LogP) is 5.17. The van der Waals surface area contributed by atoms with Gasteiger partial charge in [-0.25, -0.2) is 4.39 Å². The van der Waals surface area contributed by atoms with Crippen LogP contribution in [-0.2, 0) is 11.3 Å². The van der Waals surface area contributed by atoms with Crippen LogP contribution in [0.3, 0.4) is 0 Å². The van der Waals surface area contributed by atoms with Crippen LogP contribution in [-0.4, -0.2) is 23.9 Å². The molecule has 0 aliphatic carbocycles. The number of thiophene rings is 1. The van der Waals surface area contributed by atoms with E-state index in [1.807, 2.05) is 6.07 Å². The van der Waals surface area contributed by atoms with Crippen molar-refractivity contribution < 1.29 is 9.18 Å². The molecular formula is C19H22ClFN2OS. The highest BCUT2D eigenvalue weighted by atomic mass is 35.5. The van der Waals surface area contributed by atoms with Gasteiger partial charge in [0, 0.05) is 24.4 Å². The third-order valence-corrected chi connectivity index (χ3v) is 5.75. The lowest BCUT2D eigenvalue weighted by atomic mass is 9.93. The lowest BCUT2D eigenvalue weighted by Gasteiger charge is -2.32. The summed E-state index contributed by atoms with van der Waals surface area (Å²) in [6.07, 6.45) is 3.56. The lowest BCUT2D eigenvalue weighted by Crippen LogP contribution is -2.35. The fourth-order valence-electron chi connectivity index (χ4n) is 3.30. The number of hydrogen-bond acceptors (Lipinski definition) is 3. The second-order valence-corrected chi connectivity index (χ2v) is 8.32. The summed E-state index contributed by atoms with van der Waals surface area (Å²) in [6, 6.07) is 10.3. The first kappa shape index (κ1) is 18.4. The minimum absolute atomic E-state index is 0.118. The Hall–Kier alpha value is -1.43. The van der Waals surface area contributed by atoms with Gasteiger partial charge in [0.15, 0.2) is 0 Å². The van der Waals surface area contributed by atoms with E-state index in [-0.39, 0.29) is 11.6 Å². The van der Waals surface area contributed by atoms with Crippen molar-refractivity contribution in [1.82, 2.24) is 4.90 Å². The van der Waals surface area contributed by atoms with E-state index in [1.54, 1.807) is 29.5 Å². The minimum atomic E-state index is -0.394. The largest absolute Gasteiger partial charge is 0.324 e. The Labute approximate surface area is 156 Å². The summed E-state index contributed by atoms with van der Waals surface area (Å²) in [4.78, 5) is 15.8. The zero-order valence-electron chi connectivity index (χ0n) is 14.0. The normalized spacial score (nSPS) is 18.2. The topological polar surface area (TPSA) is 32.3 Å². The van der Waals surface area contributed by atoms with E-state index in [2.05, 4.69) is 16.3 Å². The molecule has 2 aromatic rings. The quantitative estimate of drug-likeness (QED) is 0.749. The predicted molar refractivity (Wildman–Crippen MR) is 102 cm³/mol. The number of nitrogens with zero attached hydrogens (tertiary/aromatic N) is 1. The monoisotopic (exact) mass is 380 g/mol. The number of anilines is 1. The molecule has 3 nitrogen and oxygen atoms in total. The van der Waals surface area contributed by atoms with Gasteiger partial charge in [0.25, 0.3) is 0 Å². The van der Waals surface area contributed by atoms with Crippen molar-refractivity contribution in [2.24, 2.45) is 5.92 Å². The molecule has 0 bridgehead atoms. The molecule has 1 aliphatic heterocycles. The number of piperidine rings is 1. The lowest BCUT2D eigenvalue weighted by molar-refractivity contribution is -0.116. The fourth-order valence-corrected chi connectivity index (χ4v) is 4.43. The van der Waals surface area contributed by atoms with E-state index in [9.17, 15) is 9.18 Å². The average Bonchev–Trinajstić information content (AvgIpc) is 3.00. The molecule has 0 unspecified atom stereocenters. The number of amides is 1. The molecule has 6 heteroatoms. The summed E-state index contributed by atoms with van der Waals surface area (Å²) >= 11 is 7.63. The van der Waals surface area contributed by atoms with Crippen LogP contribution >= 0.6 is 22.9 Å². The molecule has 1 amide bonds. The van der Waals surface area contributed by atoms with Gasteiger partial charge in [-0.1, -0.05) is 23.7 Å². The summed E-state index contributed by atoms with van der Waals surface area (Å²) in [5.74, 6) is -0.00267. The third kappa shape index (κ3) is 5.53. The molecular weight excluding hydrogens is 359 g/mol. The van der Waals surface area contributed by atoms with Crippen LogP contribution in [0, 0.1) is 11.7 Å². The standard InChI is InChI=1S/C19H22ClFN2OS/c20-18-9-8-15(25-18)13-23-11-3-4-14(12-23)7-10-19(24)22-17-6-2-1-5-16(17)21/h1-2,5-6,8-9,14H,3-4,7,10-13H2,(H,22,24)/t14-/m1/s1. The van der Waals surface area contributed by atoms with Gasteiger partial charge in [0.05, 0.1) is 10.0 Å². The maximum absolute atomic E-state index is 13.6. The van der Waals surface area contributed by atoms with Gasteiger partial charge >= 0.3 is 0 Å². The first-order valence-electron chi connectivity index (χ1n) is 8.61. The number of hydrogen-bond donors (Lipinski definition) is 1. The molecule has 1 saturated heterocycles. The molecule has 0 saturated carbocycles. The Balaban J connectivity index is 1.44. The van der Waals surface area contributed by atoms with Crippen molar-refractivity contribution in [2.45, 2.75) is 32.2 Å². The fraction of sp³-hybridized carbons (Fsp3) is 0.421. The van der Waals surface area contributed by atoms with Crippen molar-refractivity contribution in [3.63, 3.8) is 0 Å². The highest BCUT2D eigenvalue weighted by molar-refractivity contribution is 7.16. The van der Waals surface area contributed by atoms with Gasteiger partial charge in [-0.2, -0.15) is 0 Å². The SMILES string of the molecule is O=C(CC[C@H]1CCCN(Cc2ccc(Cl)s2)C1)Nc1ccccc1F. The smallest absolute Gasteiger partial charge is 0.224 e. The Morgan fingerprint density at radius 3 is 2.92 bits per heavy atom. The number of rotatable bonds is 6. The zero-order chi connectivity index (χ0) is 17.6. The van der Waals surface area contributed by atoms with Gasteiger partial charge in [0.1, 0.15) is 5.82 Å². The summed E-state index contributed by atoms with van der Waals surface area (Å²) in [7, 11) is 0. The maximum atomic E-state index is 13.6. The van der Waals surface area contributed by atoms with Gasteiger partial charge in [-0.15, -0.1) is 11.3 Å². The highest BCUT2D eigenvalue weighted by Crippen LogP contribution is 2.26. The summed E-state index contributed by atoms with van der Waals surface area (Å²) in [5.41, 5.74) is 0.257. The summed E-state index contributed by atoms with van der Waals surface area (Å²) < 4.78 is 14.4. The molecule has 1 aromatic heterocycles. The molecule has 1 fully saturated rings. The summed E-state index contributed by atoms with van der Waals surface area (Å²) in [5, 5.41) is 2.66. The van der Waals surface area contributed by atoms with Crippen LogP contribution < -0.4 is 5.32 Å². The van der Waals surface area contributed by atoms with Gasteiger partial charge in [-0.05, 0) is 56.0 Å². The van der Waals surface area contributed by atoms with Crippen LogP contribution in [0.15, 0.2) is 36.4 Å². The van der Waals surface area contributed by atoms with Crippen LogP contribution in [0.5, 0.6) is 0 Å². The Morgan fingerprint density at radius 1 is 1.32 bits per heavy atom. The molecule has 1 aliphatic rings. The number of nitrogens with one attached hydrogen (secondary N) is 1. The van der Waals surface area contributed by atoms with Gasteiger partial charge in [-0.3, -0.25) is 9.69 Å². The van der Waals surface area contributed by atoms with Crippen molar-refractivity contribution in [3.8, 4) is 0 Å². The third-order valence-electron chi connectivity index (χ3n) is 4.54. The Kier molecular flexibility index (Phi) is 6.45. The first-order chi connectivity index (χ1) is 12.1. The Morgan fingerprint density at radius 2 is 2.16 bits per heavy atom. The molecule has 0 spiro atoms. The molecule has 25 heavy (non-hydrogen) atoms. The van der Waals surface area contributed by atoms with Crippen LogP contribution in [0.25, 0.3) is 0 Å². The van der Waals surface area contributed by atoms with Crippen LogP contribution in [0.2, 0.25) is 4.34 Å². The van der Waals surface area contributed by atoms with Crippen LogP contribution in [0.4, 0.5) is 10.1 Å². The van der Waals surface area contributed by atoms with E-state index in [0.717, 1.165) is 43.2 Å². The summed E-state index contributed by atoms with van der Waals surface area (Å²) in [6.45, 7) is 3.02. The van der Waals surface area contributed by atoms with Gasteiger partial charge in [0.2, 0.25) is 5.91 Å². The van der Waals surface area contributed by atoms with Gasteiger partial charge < -0.3 is 5.32 Å². The molecule has 0 radical (unpaired) electrons. The van der Waals surface area contributed by atoms with Crippen molar-refractivity contribution in [3.05, 3.63) is 51.4 Å². The van der Waals surface area contributed by atoms with E-state index < -0.39 is 5.82 Å². The molecule has 1 N–H and O–H groups in total. The molecule has 1 aromatic carbocycles. The van der Waals surface area contributed by atoms with Crippen molar-refractivity contribution >= 4 is 34.5 Å². The average molecular weight is 381 g/mol. The van der Waals surface area contributed by atoms with E-state index in [0.29, 0.717) is 12.3 Å². The number of benzene rings is 1. The second-order valence-electron chi connectivity index (χ2n) is 6.52. The molecule has 2 heterocycles.